The highest BCUT2D eigenvalue weighted by Crippen LogP contribution is 1.93. The van der Waals surface area contributed by atoms with E-state index >= 15 is 0 Å². The SMILES string of the molecule is Cn1ccc(CCNCCF)n1. The minimum Gasteiger partial charge on any atom is -0.314 e. The van der Waals surface area contributed by atoms with Crippen molar-refractivity contribution in [3.63, 3.8) is 0 Å². The lowest BCUT2D eigenvalue weighted by molar-refractivity contribution is 0.467. The molecule has 12 heavy (non-hydrogen) atoms. The zero-order valence-corrected chi connectivity index (χ0v) is 7.26. The minimum atomic E-state index is -0.303. The van der Waals surface area contributed by atoms with Crippen LogP contribution in [0.15, 0.2) is 12.3 Å². The average molecular weight is 171 g/mol. The summed E-state index contributed by atoms with van der Waals surface area (Å²) in [5, 5.41) is 7.16. The quantitative estimate of drug-likeness (QED) is 0.655. The number of nitrogens with zero attached hydrogens (tertiary/aromatic N) is 2. The zero-order valence-electron chi connectivity index (χ0n) is 7.26. The van der Waals surface area contributed by atoms with Crippen LogP contribution in [-0.2, 0) is 13.5 Å². The van der Waals surface area contributed by atoms with E-state index in [4.69, 9.17) is 0 Å². The van der Waals surface area contributed by atoms with Gasteiger partial charge < -0.3 is 5.32 Å². The molecule has 0 bridgehead atoms. The van der Waals surface area contributed by atoms with Gasteiger partial charge in [-0.05, 0) is 6.07 Å². The maximum Gasteiger partial charge on any atom is 0.102 e. The fourth-order valence-corrected chi connectivity index (χ4v) is 1.00. The molecule has 0 aliphatic heterocycles. The van der Waals surface area contributed by atoms with Crippen LogP contribution in [-0.4, -0.2) is 29.5 Å². The molecule has 0 saturated heterocycles. The van der Waals surface area contributed by atoms with Crippen LogP contribution in [0.5, 0.6) is 0 Å². The van der Waals surface area contributed by atoms with E-state index in [0.717, 1.165) is 18.7 Å². The third-order valence-electron chi connectivity index (χ3n) is 1.60. The molecule has 0 fully saturated rings. The number of halogens is 1. The molecule has 1 heterocycles. The van der Waals surface area contributed by atoms with Crippen LogP contribution in [0, 0.1) is 0 Å². The number of hydrogen-bond donors (Lipinski definition) is 1. The van der Waals surface area contributed by atoms with Crippen LogP contribution in [0.3, 0.4) is 0 Å². The van der Waals surface area contributed by atoms with Crippen molar-refractivity contribution in [3.8, 4) is 0 Å². The predicted molar refractivity (Wildman–Crippen MR) is 45.8 cm³/mol. The fourth-order valence-electron chi connectivity index (χ4n) is 1.00. The van der Waals surface area contributed by atoms with Crippen molar-refractivity contribution in [3.05, 3.63) is 18.0 Å². The van der Waals surface area contributed by atoms with E-state index in [0.29, 0.717) is 6.54 Å². The van der Waals surface area contributed by atoms with Crippen LogP contribution in [0.2, 0.25) is 0 Å². The lowest BCUT2D eigenvalue weighted by Crippen LogP contribution is -2.19. The van der Waals surface area contributed by atoms with E-state index in [-0.39, 0.29) is 6.67 Å². The molecule has 1 N–H and O–H groups in total. The zero-order chi connectivity index (χ0) is 8.81. The highest BCUT2D eigenvalue weighted by Gasteiger charge is 1.95. The van der Waals surface area contributed by atoms with E-state index in [1.165, 1.54) is 0 Å². The van der Waals surface area contributed by atoms with Crippen molar-refractivity contribution >= 4 is 0 Å². The summed E-state index contributed by atoms with van der Waals surface area (Å²) in [5.41, 5.74) is 1.05. The van der Waals surface area contributed by atoms with Crippen molar-refractivity contribution in [2.75, 3.05) is 19.8 Å². The first-order valence-corrected chi connectivity index (χ1v) is 4.08. The van der Waals surface area contributed by atoms with Gasteiger partial charge in [-0.2, -0.15) is 5.10 Å². The van der Waals surface area contributed by atoms with Gasteiger partial charge in [0.05, 0.1) is 5.69 Å². The monoisotopic (exact) mass is 171 g/mol. The van der Waals surface area contributed by atoms with Crippen LogP contribution in [0.4, 0.5) is 4.39 Å². The lowest BCUT2D eigenvalue weighted by Gasteiger charge is -1.98. The molecule has 0 aromatic carbocycles. The molecule has 3 nitrogen and oxygen atoms in total. The second kappa shape index (κ2) is 4.87. The summed E-state index contributed by atoms with van der Waals surface area (Å²) in [4.78, 5) is 0. The Hall–Kier alpha value is -0.900. The Morgan fingerprint density at radius 1 is 1.58 bits per heavy atom. The Bertz CT molecular complexity index is 222. The summed E-state index contributed by atoms with van der Waals surface area (Å²) in [6, 6.07) is 1.97. The lowest BCUT2D eigenvalue weighted by atomic mass is 10.3. The normalized spacial score (nSPS) is 10.5. The molecule has 1 aromatic rings. The molecule has 0 saturated carbocycles. The number of rotatable bonds is 5. The number of hydrogen-bond acceptors (Lipinski definition) is 2. The molecule has 0 spiro atoms. The predicted octanol–water partition coefficient (Wildman–Crippen LogP) is 0.522. The van der Waals surface area contributed by atoms with Gasteiger partial charge in [0.2, 0.25) is 0 Å². The van der Waals surface area contributed by atoms with Gasteiger partial charge in [0, 0.05) is 32.8 Å². The second-order valence-electron chi connectivity index (χ2n) is 2.67. The smallest absolute Gasteiger partial charge is 0.102 e. The fraction of sp³-hybridized carbons (Fsp3) is 0.625. The average Bonchev–Trinajstić information content (AvgIpc) is 2.45. The summed E-state index contributed by atoms with van der Waals surface area (Å²) in [6.07, 6.45) is 2.77. The van der Waals surface area contributed by atoms with Gasteiger partial charge in [-0.25, -0.2) is 4.39 Å². The Morgan fingerprint density at radius 2 is 2.42 bits per heavy atom. The van der Waals surface area contributed by atoms with Gasteiger partial charge in [-0.3, -0.25) is 4.68 Å². The number of aryl methyl sites for hydroxylation is 1. The van der Waals surface area contributed by atoms with Gasteiger partial charge in [0.1, 0.15) is 6.67 Å². The molecule has 0 amide bonds. The minimum absolute atomic E-state index is 0.303. The van der Waals surface area contributed by atoms with Gasteiger partial charge in [0.25, 0.3) is 0 Å². The Labute approximate surface area is 71.6 Å². The standard InChI is InChI=1S/C8H14FN3/c1-12-7-3-8(11-12)2-5-10-6-4-9/h3,7,10H,2,4-6H2,1H3. The first-order chi connectivity index (χ1) is 5.83. The number of nitrogens with one attached hydrogen (secondary N) is 1. The summed E-state index contributed by atoms with van der Waals surface area (Å²) < 4.78 is 13.4. The number of alkyl halides is 1. The maximum atomic E-state index is 11.6. The van der Waals surface area contributed by atoms with Crippen molar-refractivity contribution in [1.82, 2.24) is 15.1 Å². The van der Waals surface area contributed by atoms with E-state index in [9.17, 15) is 4.39 Å². The second-order valence-corrected chi connectivity index (χ2v) is 2.67. The van der Waals surface area contributed by atoms with Crippen LogP contribution in [0.1, 0.15) is 5.69 Å². The van der Waals surface area contributed by atoms with Gasteiger partial charge in [-0.15, -0.1) is 0 Å². The molecule has 1 rings (SSSR count). The molecule has 0 radical (unpaired) electrons. The molecule has 68 valence electrons. The first-order valence-electron chi connectivity index (χ1n) is 4.08. The van der Waals surface area contributed by atoms with Crippen molar-refractivity contribution in [2.24, 2.45) is 7.05 Å². The number of aromatic nitrogens is 2. The van der Waals surface area contributed by atoms with Crippen molar-refractivity contribution in [2.45, 2.75) is 6.42 Å². The van der Waals surface area contributed by atoms with E-state index < -0.39 is 0 Å². The molecule has 0 atom stereocenters. The van der Waals surface area contributed by atoms with Gasteiger partial charge >= 0.3 is 0 Å². The maximum absolute atomic E-state index is 11.6. The molecule has 4 heteroatoms. The molecule has 0 unspecified atom stereocenters. The van der Waals surface area contributed by atoms with E-state index in [1.54, 1.807) is 4.68 Å². The molecule has 1 aromatic heterocycles. The van der Waals surface area contributed by atoms with Crippen molar-refractivity contribution in [1.29, 1.82) is 0 Å². The Balaban J connectivity index is 2.15. The third-order valence-corrected chi connectivity index (χ3v) is 1.60. The molecular formula is C8H14FN3. The summed E-state index contributed by atoms with van der Waals surface area (Å²) in [6.45, 7) is 0.927. The van der Waals surface area contributed by atoms with E-state index in [1.807, 2.05) is 19.3 Å². The largest absolute Gasteiger partial charge is 0.314 e. The molecular weight excluding hydrogens is 157 g/mol. The van der Waals surface area contributed by atoms with Gasteiger partial charge in [0.15, 0.2) is 0 Å². The van der Waals surface area contributed by atoms with E-state index in [2.05, 4.69) is 10.4 Å². The summed E-state index contributed by atoms with van der Waals surface area (Å²) >= 11 is 0. The Morgan fingerprint density at radius 3 is 3.00 bits per heavy atom. The van der Waals surface area contributed by atoms with Crippen LogP contribution in [0.25, 0.3) is 0 Å². The topological polar surface area (TPSA) is 29.9 Å². The van der Waals surface area contributed by atoms with Crippen molar-refractivity contribution < 1.29 is 4.39 Å². The van der Waals surface area contributed by atoms with Crippen LogP contribution >= 0.6 is 0 Å². The van der Waals surface area contributed by atoms with Gasteiger partial charge in [-0.1, -0.05) is 0 Å². The highest BCUT2D eigenvalue weighted by atomic mass is 19.1. The van der Waals surface area contributed by atoms with Crippen LogP contribution < -0.4 is 5.32 Å². The highest BCUT2D eigenvalue weighted by molar-refractivity contribution is 4.98. The summed E-state index contributed by atoms with van der Waals surface area (Å²) in [7, 11) is 1.89. The Kier molecular flexibility index (Phi) is 3.73. The molecule has 0 aliphatic rings. The first kappa shape index (κ1) is 9.19. The third kappa shape index (κ3) is 3.00. The summed E-state index contributed by atoms with van der Waals surface area (Å²) in [5.74, 6) is 0. The molecule has 0 aliphatic carbocycles.